The molecule has 124 valence electrons. The molecule has 0 fully saturated rings. The standard InChI is InChI=1S/C14H10Cl2N4O3S/c15-9-6-8(10(16)24-9)12(21)18-4-5-20-13(22)7-2-1-3-17-11(7)19-14(20)23/h1-3,6-7H,4-5H2,(H,18,21). The van der Waals surface area contributed by atoms with Crippen molar-refractivity contribution in [1.29, 1.82) is 0 Å². The zero-order valence-electron chi connectivity index (χ0n) is 12.0. The predicted molar refractivity (Wildman–Crippen MR) is 92.3 cm³/mol. The van der Waals surface area contributed by atoms with Crippen molar-refractivity contribution in [2.75, 3.05) is 13.1 Å². The third kappa shape index (κ3) is 3.26. The second kappa shape index (κ2) is 6.84. The van der Waals surface area contributed by atoms with Crippen LogP contribution in [0.25, 0.3) is 0 Å². The van der Waals surface area contributed by atoms with E-state index in [4.69, 9.17) is 23.2 Å². The molecule has 1 aromatic heterocycles. The minimum Gasteiger partial charge on any atom is -0.350 e. The number of nitrogens with one attached hydrogen (secondary N) is 1. The molecule has 0 spiro atoms. The normalized spacial score (nSPS) is 19.3. The van der Waals surface area contributed by atoms with Crippen LogP contribution in [0, 0.1) is 5.92 Å². The molecule has 7 nitrogen and oxygen atoms in total. The van der Waals surface area contributed by atoms with E-state index in [-0.39, 0.29) is 28.8 Å². The molecule has 1 unspecified atom stereocenters. The van der Waals surface area contributed by atoms with Crippen LogP contribution in [0.5, 0.6) is 0 Å². The molecule has 2 aliphatic rings. The summed E-state index contributed by atoms with van der Waals surface area (Å²) in [6.45, 7) is 0.0778. The number of carbonyl (C=O) groups is 3. The van der Waals surface area contributed by atoms with Crippen molar-refractivity contribution in [3.63, 3.8) is 0 Å². The van der Waals surface area contributed by atoms with Crippen molar-refractivity contribution in [1.82, 2.24) is 10.2 Å². The lowest BCUT2D eigenvalue weighted by molar-refractivity contribution is -0.129. The van der Waals surface area contributed by atoms with Gasteiger partial charge in [-0.05, 0) is 12.1 Å². The van der Waals surface area contributed by atoms with Gasteiger partial charge >= 0.3 is 6.03 Å². The van der Waals surface area contributed by atoms with Crippen molar-refractivity contribution in [2.45, 2.75) is 0 Å². The van der Waals surface area contributed by atoms with Gasteiger partial charge in [0.2, 0.25) is 5.91 Å². The van der Waals surface area contributed by atoms with Gasteiger partial charge in [-0.3, -0.25) is 14.5 Å². The van der Waals surface area contributed by atoms with Gasteiger partial charge in [0, 0.05) is 19.3 Å². The van der Waals surface area contributed by atoms with Crippen LogP contribution in [0.2, 0.25) is 8.67 Å². The molecule has 3 heterocycles. The first-order valence-electron chi connectivity index (χ1n) is 6.85. The molecule has 0 aliphatic carbocycles. The molecule has 3 rings (SSSR count). The Labute approximate surface area is 150 Å². The molecule has 2 aliphatic heterocycles. The molecular formula is C14H10Cl2N4O3S. The topological polar surface area (TPSA) is 91.2 Å². The van der Waals surface area contributed by atoms with E-state index in [0.717, 1.165) is 16.2 Å². The number of amides is 4. The fourth-order valence-electron chi connectivity index (χ4n) is 2.24. The van der Waals surface area contributed by atoms with E-state index in [1.165, 1.54) is 12.3 Å². The van der Waals surface area contributed by atoms with Crippen LogP contribution in [0.1, 0.15) is 10.4 Å². The smallest absolute Gasteiger partial charge is 0.350 e. The number of aliphatic imine (C=N–C) groups is 2. The summed E-state index contributed by atoms with van der Waals surface area (Å²) in [5.41, 5.74) is 0.257. The number of carbonyl (C=O) groups excluding carboxylic acids is 3. The summed E-state index contributed by atoms with van der Waals surface area (Å²) < 4.78 is 0.681. The van der Waals surface area contributed by atoms with E-state index >= 15 is 0 Å². The van der Waals surface area contributed by atoms with Gasteiger partial charge in [-0.1, -0.05) is 29.3 Å². The summed E-state index contributed by atoms with van der Waals surface area (Å²) in [5.74, 6) is -1.31. The number of imide groups is 1. The Hall–Kier alpha value is -2.03. The van der Waals surface area contributed by atoms with Gasteiger partial charge in [0.25, 0.3) is 5.91 Å². The minimum absolute atomic E-state index is 0.00370. The number of dihydropyridines is 1. The van der Waals surface area contributed by atoms with Gasteiger partial charge in [-0.25, -0.2) is 9.79 Å². The average molecular weight is 385 g/mol. The molecule has 10 heteroatoms. The minimum atomic E-state index is -0.690. The molecule has 4 amide bonds. The van der Waals surface area contributed by atoms with Crippen molar-refractivity contribution >= 4 is 64.4 Å². The molecule has 1 atom stereocenters. The maximum absolute atomic E-state index is 12.3. The quantitative estimate of drug-likeness (QED) is 0.863. The number of amidine groups is 1. The lowest BCUT2D eigenvalue weighted by Crippen LogP contribution is -2.48. The Morgan fingerprint density at radius 2 is 2.17 bits per heavy atom. The van der Waals surface area contributed by atoms with E-state index in [9.17, 15) is 14.4 Å². The van der Waals surface area contributed by atoms with E-state index in [1.54, 1.807) is 12.2 Å². The highest BCUT2D eigenvalue weighted by atomic mass is 35.5. The fraction of sp³-hybridized carbons (Fsp3) is 0.214. The molecule has 0 saturated heterocycles. The van der Waals surface area contributed by atoms with Crippen molar-refractivity contribution in [3.05, 3.63) is 32.5 Å². The number of halogens is 2. The number of nitrogens with zero attached hydrogens (tertiary/aromatic N) is 3. The summed E-state index contributed by atoms with van der Waals surface area (Å²) in [7, 11) is 0. The molecule has 1 N–H and O–H groups in total. The predicted octanol–water partition coefficient (Wildman–Crippen LogP) is 2.40. The second-order valence-corrected chi connectivity index (χ2v) is 7.16. The second-order valence-electron chi connectivity index (χ2n) is 4.88. The van der Waals surface area contributed by atoms with Crippen LogP contribution in [0.15, 0.2) is 28.2 Å². The van der Waals surface area contributed by atoms with Gasteiger partial charge in [-0.2, -0.15) is 4.99 Å². The van der Waals surface area contributed by atoms with Gasteiger partial charge in [0.15, 0.2) is 0 Å². The molecule has 24 heavy (non-hydrogen) atoms. The maximum atomic E-state index is 12.3. The first-order valence-corrected chi connectivity index (χ1v) is 8.42. The number of hydrogen-bond donors (Lipinski definition) is 1. The van der Waals surface area contributed by atoms with Crippen molar-refractivity contribution in [2.24, 2.45) is 15.9 Å². The lowest BCUT2D eigenvalue weighted by Gasteiger charge is -2.27. The SMILES string of the molecule is O=C(NCCN1C(=O)N=C2N=CC=CC2C1=O)c1cc(Cl)sc1Cl. The highest BCUT2D eigenvalue weighted by Crippen LogP contribution is 2.30. The zero-order valence-corrected chi connectivity index (χ0v) is 14.4. The monoisotopic (exact) mass is 384 g/mol. The van der Waals surface area contributed by atoms with E-state index in [1.807, 2.05) is 0 Å². The number of urea groups is 1. The summed E-state index contributed by atoms with van der Waals surface area (Å²) in [6, 6.07) is 0.771. The van der Waals surface area contributed by atoms with Crippen LogP contribution < -0.4 is 5.32 Å². The summed E-state index contributed by atoms with van der Waals surface area (Å²) in [4.78, 5) is 45.0. The first kappa shape index (κ1) is 16.8. The largest absolute Gasteiger partial charge is 0.352 e. The molecule has 0 radical (unpaired) electrons. The highest BCUT2D eigenvalue weighted by molar-refractivity contribution is 7.20. The Bertz CT molecular complexity index is 815. The maximum Gasteiger partial charge on any atom is 0.352 e. The van der Waals surface area contributed by atoms with Gasteiger partial charge < -0.3 is 5.32 Å². The summed E-state index contributed by atoms with van der Waals surface area (Å²) >= 11 is 12.8. The number of thiophene rings is 1. The van der Waals surface area contributed by atoms with Crippen molar-refractivity contribution < 1.29 is 14.4 Å². The highest BCUT2D eigenvalue weighted by Gasteiger charge is 2.36. The summed E-state index contributed by atoms with van der Waals surface area (Å²) in [5, 5.41) is 2.60. The van der Waals surface area contributed by atoms with Crippen LogP contribution in [0.3, 0.4) is 0 Å². The average Bonchev–Trinajstić information content (AvgIpc) is 2.89. The van der Waals surface area contributed by atoms with Gasteiger partial charge in [-0.15, -0.1) is 11.3 Å². The van der Waals surface area contributed by atoms with Crippen LogP contribution in [-0.2, 0) is 4.79 Å². The van der Waals surface area contributed by atoms with E-state index in [2.05, 4.69) is 15.3 Å². The van der Waals surface area contributed by atoms with Crippen LogP contribution in [0.4, 0.5) is 4.79 Å². The lowest BCUT2D eigenvalue weighted by atomic mass is 10.0. The molecular weight excluding hydrogens is 375 g/mol. The first-order chi connectivity index (χ1) is 11.5. The third-order valence-corrected chi connectivity index (χ3v) is 4.86. The Balaban J connectivity index is 1.62. The molecule has 0 bridgehead atoms. The zero-order chi connectivity index (χ0) is 17.3. The molecule has 0 aromatic carbocycles. The number of fused-ring (bicyclic) bond motifs is 1. The number of rotatable bonds is 4. The van der Waals surface area contributed by atoms with Crippen LogP contribution in [-0.4, -0.2) is 47.9 Å². The molecule has 0 saturated carbocycles. The third-order valence-electron chi connectivity index (χ3n) is 3.37. The van der Waals surface area contributed by atoms with E-state index in [0.29, 0.717) is 4.34 Å². The molecule has 1 aromatic rings. The van der Waals surface area contributed by atoms with Gasteiger partial charge in [0.05, 0.1) is 9.90 Å². The van der Waals surface area contributed by atoms with Gasteiger partial charge in [0.1, 0.15) is 16.1 Å². The Morgan fingerprint density at radius 1 is 1.38 bits per heavy atom. The number of allylic oxidation sites excluding steroid dienone is 1. The fourth-order valence-corrected chi connectivity index (χ4v) is 3.69. The van der Waals surface area contributed by atoms with Crippen LogP contribution >= 0.6 is 34.5 Å². The number of hydrogen-bond acceptors (Lipinski definition) is 5. The Morgan fingerprint density at radius 3 is 2.88 bits per heavy atom. The Kier molecular flexibility index (Phi) is 4.79. The van der Waals surface area contributed by atoms with E-state index < -0.39 is 23.8 Å². The van der Waals surface area contributed by atoms with Crippen molar-refractivity contribution in [3.8, 4) is 0 Å². The summed E-state index contributed by atoms with van der Waals surface area (Å²) in [6.07, 6.45) is 4.72.